The molecule has 0 aliphatic heterocycles. The largest absolute Gasteiger partial charge is 0.481 e. The molecular weight excluding hydrogens is 304 g/mol. The summed E-state index contributed by atoms with van der Waals surface area (Å²) in [7, 11) is 1.82. The lowest BCUT2D eigenvalue weighted by Gasteiger charge is -2.29. The molecule has 0 saturated heterocycles. The fourth-order valence-electron chi connectivity index (χ4n) is 3.53. The molecule has 2 aromatic rings. The second-order valence-electron chi connectivity index (χ2n) is 6.57. The smallest absolute Gasteiger partial charge is 0.306 e. The summed E-state index contributed by atoms with van der Waals surface area (Å²) in [6.45, 7) is 0.542. The average molecular weight is 326 g/mol. The van der Waals surface area contributed by atoms with E-state index in [1.807, 2.05) is 37.4 Å². The highest BCUT2D eigenvalue weighted by Crippen LogP contribution is 2.30. The van der Waals surface area contributed by atoms with Gasteiger partial charge in [-0.25, -0.2) is 0 Å². The Kier molecular flexibility index (Phi) is 4.79. The summed E-state index contributed by atoms with van der Waals surface area (Å²) in [5, 5.41) is 10.1. The predicted molar refractivity (Wildman–Crippen MR) is 91.3 cm³/mol. The van der Waals surface area contributed by atoms with Gasteiger partial charge in [0.2, 0.25) is 5.91 Å². The Morgan fingerprint density at radius 2 is 1.79 bits per heavy atom. The third-order valence-electron chi connectivity index (χ3n) is 4.95. The molecule has 0 atom stereocenters. The maximum absolute atomic E-state index is 12.7. The molecule has 1 aromatic heterocycles. The number of fused-ring (bicyclic) bond motifs is 1. The Morgan fingerprint density at radius 3 is 2.50 bits per heavy atom. The number of pyridine rings is 1. The third kappa shape index (κ3) is 3.40. The molecule has 1 saturated carbocycles. The van der Waals surface area contributed by atoms with Crippen LogP contribution in [-0.2, 0) is 16.1 Å². The van der Waals surface area contributed by atoms with Crippen LogP contribution in [0.4, 0.5) is 0 Å². The van der Waals surface area contributed by atoms with Gasteiger partial charge in [0.1, 0.15) is 0 Å². The van der Waals surface area contributed by atoms with Crippen LogP contribution < -0.4 is 0 Å². The Morgan fingerprint density at radius 1 is 1.12 bits per heavy atom. The minimum Gasteiger partial charge on any atom is -0.481 e. The molecule has 5 nitrogen and oxygen atoms in total. The van der Waals surface area contributed by atoms with Crippen molar-refractivity contribution < 1.29 is 14.7 Å². The van der Waals surface area contributed by atoms with Gasteiger partial charge in [-0.05, 0) is 43.4 Å². The van der Waals surface area contributed by atoms with Crippen molar-refractivity contribution in [1.82, 2.24) is 9.88 Å². The van der Waals surface area contributed by atoms with Gasteiger partial charge in [0, 0.05) is 31.1 Å². The van der Waals surface area contributed by atoms with Crippen LogP contribution in [0.15, 0.2) is 36.5 Å². The standard InChI is InChI=1S/C19H22N2O3/c1-21(18(22)13-6-8-14(9-7-13)19(23)24)12-15-10-11-20-17-5-3-2-4-16(15)17/h2-5,10-11,13-14H,6-9,12H2,1H3,(H,23,24). The molecule has 24 heavy (non-hydrogen) atoms. The molecule has 0 unspecified atom stereocenters. The molecule has 1 N–H and O–H groups in total. The molecule has 1 aliphatic carbocycles. The van der Waals surface area contributed by atoms with Crippen LogP contribution in [0.1, 0.15) is 31.2 Å². The van der Waals surface area contributed by atoms with Crippen LogP contribution in [0.25, 0.3) is 10.9 Å². The molecule has 3 rings (SSSR count). The Hall–Kier alpha value is -2.43. The highest BCUT2D eigenvalue weighted by molar-refractivity contribution is 5.83. The minimum absolute atomic E-state index is 0.0568. The van der Waals surface area contributed by atoms with Gasteiger partial charge < -0.3 is 10.0 Å². The quantitative estimate of drug-likeness (QED) is 0.937. The van der Waals surface area contributed by atoms with Gasteiger partial charge in [-0.3, -0.25) is 14.6 Å². The lowest BCUT2D eigenvalue weighted by Crippen LogP contribution is -2.35. The van der Waals surface area contributed by atoms with E-state index in [2.05, 4.69) is 4.98 Å². The summed E-state index contributed by atoms with van der Waals surface area (Å²) in [4.78, 5) is 29.8. The van der Waals surface area contributed by atoms with Gasteiger partial charge in [-0.2, -0.15) is 0 Å². The molecule has 1 fully saturated rings. The molecular formula is C19H22N2O3. The topological polar surface area (TPSA) is 70.5 Å². The number of amides is 1. The number of benzene rings is 1. The van der Waals surface area contributed by atoms with Crippen LogP contribution in [-0.4, -0.2) is 33.9 Å². The SMILES string of the molecule is CN(Cc1ccnc2ccccc12)C(=O)C1CCC(C(=O)O)CC1. The summed E-state index contributed by atoms with van der Waals surface area (Å²) in [6, 6.07) is 9.87. The number of aliphatic carboxylic acids is 1. The Balaban J connectivity index is 1.67. The monoisotopic (exact) mass is 326 g/mol. The van der Waals surface area contributed by atoms with Crippen molar-refractivity contribution >= 4 is 22.8 Å². The molecule has 1 amide bonds. The normalized spacial score (nSPS) is 20.7. The number of carbonyl (C=O) groups excluding carboxylic acids is 1. The fraction of sp³-hybridized carbons (Fsp3) is 0.421. The molecule has 0 bridgehead atoms. The molecule has 1 heterocycles. The maximum atomic E-state index is 12.7. The van der Waals surface area contributed by atoms with E-state index in [1.54, 1.807) is 11.1 Å². The van der Waals surface area contributed by atoms with Crippen molar-refractivity contribution in [2.45, 2.75) is 32.2 Å². The minimum atomic E-state index is -0.738. The van der Waals surface area contributed by atoms with Gasteiger partial charge in [0.05, 0.1) is 11.4 Å². The summed E-state index contributed by atoms with van der Waals surface area (Å²) < 4.78 is 0. The predicted octanol–water partition coefficient (Wildman–Crippen LogP) is 3.08. The molecule has 0 radical (unpaired) electrons. The molecule has 1 aliphatic rings. The molecule has 0 spiro atoms. The Labute approximate surface area is 141 Å². The van der Waals surface area contributed by atoms with Gasteiger partial charge in [-0.15, -0.1) is 0 Å². The van der Waals surface area contributed by atoms with Crippen LogP contribution in [0.5, 0.6) is 0 Å². The van der Waals surface area contributed by atoms with Crippen LogP contribution in [0.2, 0.25) is 0 Å². The summed E-state index contributed by atoms with van der Waals surface area (Å²) >= 11 is 0. The van der Waals surface area contributed by atoms with E-state index in [0.717, 1.165) is 16.5 Å². The van der Waals surface area contributed by atoms with Gasteiger partial charge in [0.25, 0.3) is 0 Å². The van der Waals surface area contributed by atoms with Crippen molar-refractivity contribution in [2.75, 3.05) is 7.05 Å². The second-order valence-corrected chi connectivity index (χ2v) is 6.57. The summed E-state index contributed by atoms with van der Waals surface area (Å²) in [5.41, 5.74) is 2.01. The average Bonchev–Trinajstić information content (AvgIpc) is 2.61. The number of aromatic nitrogens is 1. The Bertz CT molecular complexity index is 746. The first-order chi connectivity index (χ1) is 11.6. The number of nitrogens with zero attached hydrogens (tertiary/aromatic N) is 2. The fourth-order valence-corrected chi connectivity index (χ4v) is 3.53. The number of carboxylic acid groups (broad SMARTS) is 1. The first-order valence-electron chi connectivity index (χ1n) is 8.36. The van der Waals surface area contributed by atoms with Crippen LogP contribution in [0.3, 0.4) is 0 Å². The lowest BCUT2D eigenvalue weighted by molar-refractivity contribution is -0.145. The number of carbonyl (C=O) groups is 2. The van der Waals surface area contributed by atoms with Crippen molar-refractivity contribution in [2.24, 2.45) is 11.8 Å². The van der Waals surface area contributed by atoms with E-state index in [1.165, 1.54) is 0 Å². The number of rotatable bonds is 4. The summed E-state index contributed by atoms with van der Waals surface area (Å²) in [6.07, 6.45) is 4.29. The van der Waals surface area contributed by atoms with Crippen LogP contribution in [0, 0.1) is 11.8 Å². The van der Waals surface area contributed by atoms with E-state index >= 15 is 0 Å². The van der Waals surface area contributed by atoms with E-state index in [-0.39, 0.29) is 17.7 Å². The maximum Gasteiger partial charge on any atom is 0.306 e. The zero-order valence-electron chi connectivity index (χ0n) is 13.8. The number of carboxylic acids is 1. The number of hydrogen-bond acceptors (Lipinski definition) is 3. The van der Waals surface area contributed by atoms with Gasteiger partial charge in [0.15, 0.2) is 0 Å². The highest BCUT2D eigenvalue weighted by atomic mass is 16.4. The van der Waals surface area contributed by atoms with Crippen molar-refractivity contribution in [3.05, 3.63) is 42.1 Å². The van der Waals surface area contributed by atoms with E-state index in [9.17, 15) is 9.59 Å². The van der Waals surface area contributed by atoms with Crippen molar-refractivity contribution in [3.63, 3.8) is 0 Å². The summed E-state index contributed by atoms with van der Waals surface area (Å²) in [5.74, 6) is -0.973. The molecule has 126 valence electrons. The van der Waals surface area contributed by atoms with E-state index in [0.29, 0.717) is 32.2 Å². The molecule has 1 aromatic carbocycles. The first kappa shape index (κ1) is 16.4. The van der Waals surface area contributed by atoms with E-state index in [4.69, 9.17) is 5.11 Å². The van der Waals surface area contributed by atoms with Crippen molar-refractivity contribution in [1.29, 1.82) is 0 Å². The zero-order valence-corrected chi connectivity index (χ0v) is 13.8. The van der Waals surface area contributed by atoms with Crippen LogP contribution >= 0.6 is 0 Å². The van der Waals surface area contributed by atoms with E-state index < -0.39 is 5.97 Å². The van der Waals surface area contributed by atoms with Crippen molar-refractivity contribution in [3.8, 4) is 0 Å². The first-order valence-corrected chi connectivity index (χ1v) is 8.36. The van der Waals surface area contributed by atoms with Gasteiger partial charge in [-0.1, -0.05) is 18.2 Å². The molecule has 5 heteroatoms. The third-order valence-corrected chi connectivity index (χ3v) is 4.95. The lowest BCUT2D eigenvalue weighted by atomic mass is 9.81. The number of hydrogen-bond donors (Lipinski definition) is 1. The zero-order chi connectivity index (χ0) is 17.1. The highest BCUT2D eigenvalue weighted by Gasteiger charge is 2.31. The second kappa shape index (κ2) is 6.99. The number of para-hydroxylation sites is 1. The van der Waals surface area contributed by atoms with Gasteiger partial charge >= 0.3 is 5.97 Å².